The van der Waals surface area contributed by atoms with Crippen LogP contribution in [-0.2, 0) is 33.4 Å². The molecule has 0 saturated carbocycles. The van der Waals surface area contributed by atoms with Crippen LogP contribution in [0.4, 0.5) is 0 Å². The second-order valence-electron chi connectivity index (χ2n) is 7.54. The van der Waals surface area contributed by atoms with Gasteiger partial charge >= 0.3 is 17.9 Å². The van der Waals surface area contributed by atoms with Gasteiger partial charge in [-0.05, 0) is 32.3 Å². The highest BCUT2D eigenvalue weighted by Crippen LogP contribution is 2.37. The van der Waals surface area contributed by atoms with Crippen molar-refractivity contribution in [1.29, 1.82) is 0 Å². The molecule has 5 atom stereocenters. The monoisotopic (exact) mass is 404 g/mol. The second kappa shape index (κ2) is 9.67. The molecule has 0 aromatic carbocycles. The summed E-state index contributed by atoms with van der Waals surface area (Å²) in [7, 11) is 0. The highest BCUT2D eigenvalue weighted by Gasteiger charge is 2.49. The normalized spacial score (nSPS) is 31.9. The molecule has 0 radical (unpaired) electrons. The van der Waals surface area contributed by atoms with Crippen LogP contribution in [0.1, 0.15) is 47.0 Å². The van der Waals surface area contributed by atoms with Crippen LogP contribution in [0.2, 0.25) is 0 Å². The molecular formula is C22H28O7. The van der Waals surface area contributed by atoms with Gasteiger partial charge in [0.2, 0.25) is 0 Å². The van der Waals surface area contributed by atoms with Crippen molar-refractivity contribution in [2.75, 3.05) is 0 Å². The number of hydrogen-bond acceptors (Lipinski definition) is 7. The van der Waals surface area contributed by atoms with Gasteiger partial charge in [-0.1, -0.05) is 32.1 Å². The number of allylic oxidation sites excluding steroid dienone is 2. The zero-order chi connectivity index (χ0) is 21.7. The topological polar surface area (TPSA) is 96.0 Å². The van der Waals surface area contributed by atoms with Crippen molar-refractivity contribution in [1.82, 2.24) is 0 Å². The van der Waals surface area contributed by atoms with E-state index in [1.54, 1.807) is 19.1 Å². The lowest BCUT2D eigenvalue weighted by Crippen LogP contribution is -2.45. The fourth-order valence-electron chi connectivity index (χ4n) is 3.44. The number of rotatable bonds is 5. The van der Waals surface area contributed by atoms with Crippen LogP contribution in [0.3, 0.4) is 0 Å². The van der Waals surface area contributed by atoms with Crippen LogP contribution >= 0.6 is 0 Å². The highest BCUT2D eigenvalue weighted by atomic mass is 16.6. The molecule has 0 aromatic rings. The van der Waals surface area contributed by atoms with E-state index in [0.717, 1.165) is 5.57 Å². The van der Waals surface area contributed by atoms with Gasteiger partial charge in [-0.2, -0.15) is 0 Å². The van der Waals surface area contributed by atoms with E-state index in [2.05, 4.69) is 6.58 Å². The van der Waals surface area contributed by atoms with Gasteiger partial charge in [-0.25, -0.2) is 4.79 Å². The quantitative estimate of drug-likeness (QED) is 0.229. The van der Waals surface area contributed by atoms with Crippen molar-refractivity contribution in [2.24, 2.45) is 11.8 Å². The van der Waals surface area contributed by atoms with E-state index in [0.29, 0.717) is 25.5 Å². The van der Waals surface area contributed by atoms with Crippen molar-refractivity contribution in [3.05, 3.63) is 35.5 Å². The van der Waals surface area contributed by atoms with Crippen molar-refractivity contribution in [2.45, 2.75) is 65.3 Å². The third kappa shape index (κ3) is 5.22. The first kappa shape index (κ1) is 22.6. The van der Waals surface area contributed by atoms with E-state index in [1.807, 2.05) is 13.8 Å². The maximum atomic E-state index is 12.6. The molecule has 1 aliphatic heterocycles. The van der Waals surface area contributed by atoms with Crippen LogP contribution in [0, 0.1) is 11.8 Å². The molecule has 1 heterocycles. The third-order valence-corrected chi connectivity index (χ3v) is 5.31. The summed E-state index contributed by atoms with van der Waals surface area (Å²) in [5, 5.41) is 0. The standard InChI is InChI=1S/C22H28O7/c1-6-13(3)21(25)29-20-18-14(4)22(26)28-17(18)10-12(2)8-7-9-16(11-23)19(20)27-15(5)24/h9-11,13,17-20H,4,6-8H2,1-3,5H3/b12-10+,16-9-/t13-,17-,18+,19+,20+/m1/s1. The van der Waals surface area contributed by atoms with Gasteiger partial charge in [0.1, 0.15) is 12.4 Å². The van der Waals surface area contributed by atoms with E-state index in [9.17, 15) is 19.2 Å². The van der Waals surface area contributed by atoms with Gasteiger partial charge in [-0.3, -0.25) is 14.4 Å². The van der Waals surface area contributed by atoms with Gasteiger partial charge in [0, 0.05) is 18.1 Å². The number of ether oxygens (including phenoxy) is 3. The zero-order valence-electron chi connectivity index (χ0n) is 17.3. The van der Waals surface area contributed by atoms with Crippen molar-refractivity contribution in [3.63, 3.8) is 0 Å². The van der Waals surface area contributed by atoms with Crippen LogP contribution < -0.4 is 0 Å². The number of esters is 3. The molecule has 29 heavy (non-hydrogen) atoms. The fourth-order valence-corrected chi connectivity index (χ4v) is 3.44. The molecule has 2 aliphatic rings. The number of hydrogen-bond donors (Lipinski definition) is 0. The Hall–Kier alpha value is -2.70. The molecule has 2 rings (SSSR count). The first-order valence-electron chi connectivity index (χ1n) is 9.79. The first-order valence-corrected chi connectivity index (χ1v) is 9.79. The lowest BCUT2D eigenvalue weighted by atomic mass is 9.83. The minimum atomic E-state index is -1.16. The molecule has 0 spiro atoms. The first-order chi connectivity index (χ1) is 13.7. The predicted octanol–water partition coefficient (Wildman–Crippen LogP) is 2.84. The maximum Gasteiger partial charge on any atom is 0.334 e. The SMILES string of the molecule is C=C1C(=O)O[C@@H]2/C=C(\C)CC/C=C(/C=O)[C@H](OC(C)=O)[C@@H](OC(=O)[C@H](C)CC)[C@@H]12. The minimum absolute atomic E-state index is 0.115. The molecule has 0 N–H and O–H groups in total. The van der Waals surface area contributed by atoms with Crippen molar-refractivity contribution < 1.29 is 33.4 Å². The lowest BCUT2D eigenvalue weighted by Gasteiger charge is -2.33. The summed E-state index contributed by atoms with van der Waals surface area (Å²) >= 11 is 0. The predicted molar refractivity (Wildman–Crippen MR) is 105 cm³/mol. The van der Waals surface area contributed by atoms with Crippen molar-refractivity contribution >= 4 is 24.2 Å². The Morgan fingerprint density at radius 1 is 1.38 bits per heavy atom. The number of carbonyl (C=O) groups is 4. The summed E-state index contributed by atoms with van der Waals surface area (Å²) in [5.74, 6) is -2.94. The molecular weight excluding hydrogens is 376 g/mol. The molecule has 0 bridgehead atoms. The average molecular weight is 404 g/mol. The summed E-state index contributed by atoms with van der Waals surface area (Å²) in [6, 6.07) is 0. The summed E-state index contributed by atoms with van der Waals surface area (Å²) in [5.41, 5.74) is 1.26. The molecule has 158 valence electrons. The fraction of sp³-hybridized carbons (Fsp3) is 0.545. The Bertz CT molecular complexity index is 761. The Morgan fingerprint density at radius 3 is 2.66 bits per heavy atom. The van der Waals surface area contributed by atoms with E-state index < -0.39 is 48.1 Å². The van der Waals surface area contributed by atoms with Crippen LogP contribution in [-0.4, -0.2) is 42.5 Å². The van der Waals surface area contributed by atoms with E-state index >= 15 is 0 Å². The summed E-state index contributed by atoms with van der Waals surface area (Å²) in [6.45, 7) is 10.5. The van der Waals surface area contributed by atoms with Gasteiger partial charge in [-0.15, -0.1) is 0 Å². The smallest absolute Gasteiger partial charge is 0.334 e. The summed E-state index contributed by atoms with van der Waals surface area (Å²) < 4.78 is 16.6. The van der Waals surface area contributed by atoms with E-state index in [4.69, 9.17) is 14.2 Å². The Morgan fingerprint density at radius 2 is 2.07 bits per heavy atom. The largest absolute Gasteiger partial charge is 0.457 e. The molecule has 0 aromatic heterocycles. The third-order valence-electron chi connectivity index (χ3n) is 5.31. The molecule has 7 nitrogen and oxygen atoms in total. The molecule has 0 amide bonds. The van der Waals surface area contributed by atoms with Crippen LogP contribution in [0.5, 0.6) is 0 Å². The molecule has 1 fully saturated rings. The summed E-state index contributed by atoms with van der Waals surface area (Å²) in [4.78, 5) is 48.5. The van der Waals surface area contributed by atoms with Gasteiger partial charge < -0.3 is 14.2 Å². The van der Waals surface area contributed by atoms with E-state index in [1.165, 1.54) is 6.92 Å². The minimum Gasteiger partial charge on any atom is -0.457 e. The molecule has 0 unspecified atom stereocenters. The Kier molecular flexibility index (Phi) is 7.53. The van der Waals surface area contributed by atoms with Crippen LogP contribution in [0.25, 0.3) is 0 Å². The number of fused-ring (bicyclic) bond motifs is 1. The number of aldehydes is 1. The van der Waals surface area contributed by atoms with Crippen molar-refractivity contribution in [3.8, 4) is 0 Å². The van der Waals surface area contributed by atoms with Gasteiger partial charge in [0.25, 0.3) is 0 Å². The van der Waals surface area contributed by atoms with Crippen LogP contribution in [0.15, 0.2) is 35.5 Å². The Labute approximate surface area is 170 Å². The zero-order valence-corrected chi connectivity index (χ0v) is 17.3. The molecule has 1 aliphatic carbocycles. The van der Waals surface area contributed by atoms with Gasteiger partial charge in [0.05, 0.1) is 11.8 Å². The summed E-state index contributed by atoms with van der Waals surface area (Å²) in [6.07, 6.45) is 2.75. The lowest BCUT2D eigenvalue weighted by molar-refractivity contribution is -0.171. The highest BCUT2D eigenvalue weighted by molar-refractivity contribution is 5.91. The molecule has 7 heteroatoms. The molecule has 1 saturated heterocycles. The number of carbonyl (C=O) groups excluding carboxylic acids is 4. The Balaban J connectivity index is 2.61. The maximum absolute atomic E-state index is 12.6. The van der Waals surface area contributed by atoms with E-state index in [-0.39, 0.29) is 11.1 Å². The average Bonchev–Trinajstić information content (AvgIpc) is 2.93. The van der Waals surface area contributed by atoms with Gasteiger partial charge in [0.15, 0.2) is 12.2 Å². The second-order valence-corrected chi connectivity index (χ2v) is 7.54.